The molecule has 0 saturated heterocycles. The largest absolute Gasteiger partial charge is 0.381 e. The monoisotopic (exact) mass is 313 g/mol. The van der Waals surface area contributed by atoms with Crippen molar-refractivity contribution >= 4 is 28.9 Å². The number of halogens is 2. The molecule has 1 fully saturated rings. The van der Waals surface area contributed by atoms with Crippen LogP contribution in [0.1, 0.15) is 45.6 Å². The van der Waals surface area contributed by atoms with Gasteiger partial charge in [0.2, 0.25) is 0 Å². The van der Waals surface area contributed by atoms with Crippen LogP contribution in [-0.4, -0.2) is 6.04 Å². The third-order valence-electron chi connectivity index (χ3n) is 4.61. The van der Waals surface area contributed by atoms with E-state index in [0.29, 0.717) is 17.9 Å². The van der Waals surface area contributed by atoms with Gasteiger partial charge < -0.3 is 5.32 Å². The Morgan fingerprint density at radius 2 is 1.85 bits per heavy atom. The van der Waals surface area contributed by atoms with Crippen LogP contribution in [0.2, 0.25) is 10.0 Å². The Bertz CT molecular complexity index is 470. The molecule has 1 saturated carbocycles. The second-order valence-corrected chi connectivity index (χ2v) is 7.47. The molecule has 1 aromatic carbocycles. The molecule has 20 heavy (non-hydrogen) atoms. The molecule has 0 radical (unpaired) electrons. The van der Waals surface area contributed by atoms with Gasteiger partial charge in [-0.1, -0.05) is 50.4 Å². The molecule has 1 aliphatic rings. The highest BCUT2D eigenvalue weighted by molar-refractivity contribution is 6.35. The van der Waals surface area contributed by atoms with Crippen molar-refractivity contribution in [3.05, 3.63) is 27.7 Å². The predicted octanol–water partition coefficient (Wildman–Crippen LogP) is 6.17. The Hall–Kier alpha value is -0.400. The van der Waals surface area contributed by atoms with Crippen LogP contribution in [0.25, 0.3) is 0 Å². The molecule has 0 heterocycles. The molecule has 112 valence electrons. The van der Waals surface area contributed by atoms with E-state index in [2.05, 4.69) is 26.1 Å². The van der Waals surface area contributed by atoms with Crippen molar-refractivity contribution in [2.45, 2.75) is 53.0 Å². The van der Waals surface area contributed by atoms with E-state index in [1.54, 1.807) is 0 Å². The molecule has 1 aromatic rings. The number of hydrogen-bond donors (Lipinski definition) is 1. The van der Waals surface area contributed by atoms with Crippen LogP contribution in [0.4, 0.5) is 5.69 Å². The van der Waals surface area contributed by atoms with Gasteiger partial charge in [0.15, 0.2) is 0 Å². The lowest BCUT2D eigenvalue weighted by atomic mass is 9.74. The van der Waals surface area contributed by atoms with E-state index in [9.17, 15) is 0 Å². The van der Waals surface area contributed by atoms with E-state index in [0.717, 1.165) is 27.2 Å². The molecule has 0 aliphatic heterocycles. The zero-order valence-corrected chi connectivity index (χ0v) is 14.4. The summed E-state index contributed by atoms with van der Waals surface area (Å²) in [5.74, 6) is 2.18. The fourth-order valence-corrected chi connectivity index (χ4v) is 3.76. The minimum Gasteiger partial charge on any atom is -0.381 e. The lowest BCUT2D eigenvalue weighted by Crippen LogP contribution is -2.37. The molecule has 3 heteroatoms. The standard InChI is InChI=1S/C17H25Cl2N/c1-10(2)13-6-5-11(3)7-16(13)20-17-9-14(18)12(4)8-15(17)19/h8-11,13,16,20H,5-7H2,1-4H3. The molecule has 1 nitrogen and oxygen atoms in total. The second kappa shape index (κ2) is 6.58. The summed E-state index contributed by atoms with van der Waals surface area (Å²) in [5.41, 5.74) is 2.01. The van der Waals surface area contributed by atoms with Gasteiger partial charge in [-0.3, -0.25) is 0 Å². The van der Waals surface area contributed by atoms with E-state index in [1.165, 1.54) is 19.3 Å². The SMILES string of the molecule is Cc1cc(Cl)c(NC2CC(C)CCC2C(C)C)cc1Cl. The maximum atomic E-state index is 6.36. The van der Waals surface area contributed by atoms with Crippen LogP contribution in [0, 0.1) is 24.7 Å². The van der Waals surface area contributed by atoms with Gasteiger partial charge in [-0.2, -0.15) is 0 Å². The van der Waals surface area contributed by atoms with Gasteiger partial charge in [0.05, 0.1) is 10.7 Å². The summed E-state index contributed by atoms with van der Waals surface area (Å²) in [5, 5.41) is 5.21. The van der Waals surface area contributed by atoms with Gasteiger partial charge in [0.25, 0.3) is 0 Å². The van der Waals surface area contributed by atoms with Gasteiger partial charge in [-0.05, 0) is 55.2 Å². The van der Waals surface area contributed by atoms with Gasteiger partial charge in [-0.25, -0.2) is 0 Å². The maximum Gasteiger partial charge on any atom is 0.0641 e. The van der Waals surface area contributed by atoms with Crippen molar-refractivity contribution in [2.24, 2.45) is 17.8 Å². The van der Waals surface area contributed by atoms with Gasteiger partial charge in [0, 0.05) is 11.1 Å². The predicted molar refractivity (Wildman–Crippen MR) is 90.0 cm³/mol. The highest BCUT2D eigenvalue weighted by atomic mass is 35.5. The molecular formula is C17H25Cl2N. The van der Waals surface area contributed by atoms with Crippen LogP contribution in [0.5, 0.6) is 0 Å². The third-order valence-corrected chi connectivity index (χ3v) is 5.33. The first kappa shape index (κ1) is 16.0. The lowest BCUT2D eigenvalue weighted by molar-refractivity contribution is 0.212. The van der Waals surface area contributed by atoms with E-state index in [4.69, 9.17) is 23.2 Å². The summed E-state index contributed by atoms with van der Waals surface area (Å²) in [6.07, 6.45) is 3.85. The number of nitrogens with one attached hydrogen (secondary N) is 1. The molecule has 0 spiro atoms. The number of anilines is 1. The van der Waals surface area contributed by atoms with Gasteiger partial charge in [0.1, 0.15) is 0 Å². The Balaban J connectivity index is 2.20. The Morgan fingerprint density at radius 3 is 2.50 bits per heavy atom. The number of benzene rings is 1. The maximum absolute atomic E-state index is 6.36. The Labute approximate surface area is 133 Å². The molecule has 0 aromatic heterocycles. The van der Waals surface area contributed by atoms with Crippen molar-refractivity contribution in [3.63, 3.8) is 0 Å². The summed E-state index contributed by atoms with van der Waals surface area (Å²) in [7, 11) is 0. The van der Waals surface area contributed by atoms with Crippen molar-refractivity contribution in [2.75, 3.05) is 5.32 Å². The topological polar surface area (TPSA) is 12.0 Å². The van der Waals surface area contributed by atoms with Crippen molar-refractivity contribution in [3.8, 4) is 0 Å². The van der Waals surface area contributed by atoms with Crippen LogP contribution in [-0.2, 0) is 0 Å². The van der Waals surface area contributed by atoms with Crippen molar-refractivity contribution in [1.82, 2.24) is 0 Å². The normalized spacial score (nSPS) is 26.9. The lowest BCUT2D eigenvalue weighted by Gasteiger charge is -2.38. The van der Waals surface area contributed by atoms with E-state index < -0.39 is 0 Å². The third kappa shape index (κ3) is 3.62. The molecule has 2 rings (SSSR count). The van der Waals surface area contributed by atoms with Crippen LogP contribution in [0.3, 0.4) is 0 Å². The van der Waals surface area contributed by atoms with E-state index in [-0.39, 0.29) is 0 Å². The van der Waals surface area contributed by atoms with Crippen LogP contribution in [0.15, 0.2) is 12.1 Å². The summed E-state index contributed by atoms with van der Waals surface area (Å²) in [6, 6.07) is 4.41. The number of rotatable bonds is 3. The molecule has 0 bridgehead atoms. The highest BCUT2D eigenvalue weighted by Crippen LogP contribution is 2.37. The first-order valence-electron chi connectivity index (χ1n) is 7.60. The van der Waals surface area contributed by atoms with Crippen molar-refractivity contribution < 1.29 is 0 Å². The first-order chi connectivity index (χ1) is 9.38. The average Bonchev–Trinajstić information content (AvgIpc) is 2.35. The fraction of sp³-hybridized carbons (Fsp3) is 0.647. The average molecular weight is 314 g/mol. The molecule has 3 atom stereocenters. The number of hydrogen-bond acceptors (Lipinski definition) is 1. The Morgan fingerprint density at radius 1 is 1.15 bits per heavy atom. The summed E-state index contributed by atoms with van der Waals surface area (Å²) < 4.78 is 0. The summed E-state index contributed by atoms with van der Waals surface area (Å²) in [6.45, 7) is 8.96. The van der Waals surface area contributed by atoms with Gasteiger partial charge >= 0.3 is 0 Å². The molecule has 1 aliphatic carbocycles. The molecule has 1 N–H and O–H groups in total. The summed E-state index contributed by atoms with van der Waals surface area (Å²) >= 11 is 12.6. The molecular weight excluding hydrogens is 289 g/mol. The quantitative estimate of drug-likeness (QED) is 0.703. The smallest absolute Gasteiger partial charge is 0.0641 e. The fourth-order valence-electron chi connectivity index (χ4n) is 3.32. The molecule has 0 amide bonds. The van der Waals surface area contributed by atoms with Crippen LogP contribution < -0.4 is 5.32 Å². The zero-order chi connectivity index (χ0) is 14.9. The minimum absolute atomic E-state index is 0.495. The van der Waals surface area contributed by atoms with E-state index >= 15 is 0 Å². The van der Waals surface area contributed by atoms with E-state index in [1.807, 2.05) is 19.1 Å². The molecule has 3 unspecified atom stereocenters. The summed E-state index contributed by atoms with van der Waals surface area (Å²) in [4.78, 5) is 0. The number of aryl methyl sites for hydroxylation is 1. The van der Waals surface area contributed by atoms with Crippen molar-refractivity contribution in [1.29, 1.82) is 0 Å². The minimum atomic E-state index is 0.495. The zero-order valence-electron chi connectivity index (χ0n) is 12.8. The second-order valence-electron chi connectivity index (χ2n) is 6.66. The Kier molecular flexibility index (Phi) is 5.25. The van der Waals surface area contributed by atoms with Gasteiger partial charge in [-0.15, -0.1) is 0 Å². The van der Waals surface area contributed by atoms with Crippen LogP contribution >= 0.6 is 23.2 Å². The highest BCUT2D eigenvalue weighted by Gasteiger charge is 2.30. The first-order valence-corrected chi connectivity index (χ1v) is 8.36.